The van der Waals surface area contributed by atoms with Crippen LogP contribution in [0.5, 0.6) is 5.75 Å². The number of carbonyl (C=O) groups is 2. The lowest BCUT2D eigenvalue weighted by Crippen LogP contribution is -2.36. The van der Waals surface area contributed by atoms with E-state index < -0.39 is 33.7 Å². The summed E-state index contributed by atoms with van der Waals surface area (Å²) in [5.74, 6) is -1.11. The fourth-order valence-corrected chi connectivity index (χ4v) is 5.73. The van der Waals surface area contributed by atoms with Crippen molar-refractivity contribution in [1.29, 1.82) is 0 Å². The van der Waals surface area contributed by atoms with Crippen LogP contribution in [-0.2, 0) is 34.8 Å². The lowest BCUT2D eigenvalue weighted by Gasteiger charge is -2.28. The van der Waals surface area contributed by atoms with Gasteiger partial charge in [-0.15, -0.1) is 0 Å². The van der Waals surface area contributed by atoms with E-state index >= 15 is 0 Å². The van der Waals surface area contributed by atoms with Gasteiger partial charge in [0.15, 0.2) is 15.9 Å². The summed E-state index contributed by atoms with van der Waals surface area (Å²) in [7, 11) is -0.962. The molecule has 0 aliphatic rings. The molecule has 38 heavy (non-hydrogen) atoms. The van der Waals surface area contributed by atoms with Crippen LogP contribution in [0.2, 0.25) is 0 Å². The van der Waals surface area contributed by atoms with Crippen LogP contribution in [0.3, 0.4) is 0 Å². The molecule has 0 fully saturated rings. The van der Waals surface area contributed by atoms with Crippen LogP contribution in [0.25, 0.3) is 11.0 Å². The van der Waals surface area contributed by atoms with E-state index in [0.717, 1.165) is 10.4 Å². The second-order valence-electron chi connectivity index (χ2n) is 8.54. The quantitative estimate of drug-likeness (QED) is 0.193. The minimum absolute atomic E-state index is 0.286. The Hall–Kier alpha value is -4.15. The van der Waals surface area contributed by atoms with Crippen LogP contribution in [0, 0.1) is 0 Å². The smallest absolute Gasteiger partial charge is 0.365 e. The third-order valence-corrected chi connectivity index (χ3v) is 7.57. The van der Waals surface area contributed by atoms with Crippen LogP contribution in [0.4, 0.5) is 0 Å². The summed E-state index contributed by atoms with van der Waals surface area (Å²) >= 11 is 0. The summed E-state index contributed by atoms with van der Waals surface area (Å²) in [5.41, 5.74) is 2.17. The summed E-state index contributed by atoms with van der Waals surface area (Å²) in [6.45, 7) is 0. The van der Waals surface area contributed by atoms with Gasteiger partial charge in [0.25, 0.3) is 0 Å². The Morgan fingerprint density at radius 2 is 1.71 bits per heavy atom. The first-order valence-electron chi connectivity index (χ1n) is 11.7. The topological polar surface area (TPSA) is 112 Å². The number of nitrogens with zero attached hydrogens (tertiary/aromatic N) is 1. The Labute approximate surface area is 220 Å². The van der Waals surface area contributed by atoms with E-state index in [9.17, 15) is 18.0 Å². The first kappa shape index (κ1) is 26.9. The van der Waals surface area contributed by atoms with E-state index in [1.54, 1.807) is 78.9 Å². The minimum Gasteiger partial charge on any atom is -0.497 e. The lowest BCUT2D eigenvalue weighted by molar-refractivity contribution is -0.207. The van der Waals surface area contributed by atoms with Crippen molar-refractivity contribution in [2.75, 3.05) is 20.0 Å². The van der Waals surface area contributed by atoms with Gasteiger partial charge in [0, 0.05) is 12.5 Å². The summed E-state index contributed by atoms with van der Waals surface area (Å²) in [6.07, 6.45) is 0.702. The van der Waals surface area contributed by atoms with E-state index in [1.165, 1.54) is 20.5 Å². The molecule has 10 heteroatoms. The van der Waals surface area contributed by atoms with Crippen molar-refractivity contribution in [3.05, 3.63) is 102 Å². The molecule has 0 aliphatic heterocycles. The maximum atomic E-state index is 13.3. The fourth-order valence-electron chi connectivity index (χ4n) is 4.11. The molecular formula is C28H27NO8S. The Kier molecular flexibility index (Phi) is 8.45. The van der Waals surface area contributed by atoms with Gasteiger partial charge in [0.05, 0.1) is 24.9 Å². The van der Waals surface area contributed by atoms with E-state index in [4.69, 9.17) is 18.7 Å². The molecule has 4 aromatic rings. The van der Waals surface area contributed by atoms with Crippen molar-refractivity contribution >= 4 is 33.2 Å². The number of fused-ring (bicyclic) bond motifs is 1. The molecule has 0 saturated carbocycles. The van der Waals surface area contributed by atoms with Crippen LogP contribution >= 0.6 is 0 Å². The highest BCUT2D eigenvalue weighted by atomic mass is 32.2. The molecule has 0 radical (unpaired) electrons. The predicted octanol–water partition coefficient (Wildman–Crippen LogP) is 4.40. The van der Waals surface area contributed by atoms with Gasteiger partial charge in [-0.2, -0.15) is 5.06 Å². The van der Waals surface area contributed by atoms with Crippen molar-refractivity contribution in [3.63, 3.8) is 0 Å². The van der Waals surface area contributed by atoms with Gasteiger partial charge in [0.2, 0.25) is 6.41 Å². The highest BCUT2D eigenvalue weighted by Gasteiger charge is 2.32. The van der Waals surface area contributed by atoms with Gasteiger partial charge in [-0.1, -0.05) is 48.5 Å². The maximum absolute atomic E-state index is 13.3. The molecule has 0 bridgehead atoms. The molecule has 1 aromatic heterocycles. The first-order chi connectivity index (χ1) is 18.3. The molecule has 0 unspecified atom stereocenters. The number of amides is 1. The molecule has 0 saturated heterocycles. The Morgan fingerprint density at radius 3 is 2.37 bits per heavy atom. The van der Waals surface area contributed by atoms with Crippen LogP contribution in [0.1, 0.15) is 28.8 Å². The number of benzene rings is 3. The molecule has 0 aliphatic carbocycles. The Morgan fingerprint density at radius 1 is 0.974 bits per heavy atom. The van der Waals surface area contributed by atoms with Gasteiger partial charge >= 0.3 is 5.97 Å². The molecule has 3 aromatic carbocycles. The number of hydrogen-bond acceptors (Lipinski definition) is 8. The van der Waals surface area contributed by atoms with E-state index in [1.807, 2.05) is 0 Å². The third kappa shape index (κ3) is 6.39. The summed E-state index contributed by atoms with van der Waals surface area (Å²) in [6, 6.07) is 20.9. The number of carbonyl (C=O) groups excluding carboxylic acids is 2. The van der Waals surface area contributed by atoms with E-state index in [2.05, 4.69) is 0 Å². The molecule has 1 amide bonds. The van der Waals surface area contributed by atoms with Crippen LogP contribution < -0.4 is 4.74 Å². The van der Waals surface area contributed by atoms with Crippen molar-refractivity contribution in [2.24, 2.45) is 0 Å². The predicted molar refractivity (Wildman–Crippen MR) is 140 cm³/mol. The van der Waals surface area contributed by atoms with Gasteiger partial charge in [0.1, 0.15) is 17.4 Å². The SMILES string of the molecule is COc1ccc([C@@H](CS(=O)(=O)Cc2ccc3occc3c2)N(C=O)OC(=O)[C@H](OC)c2ccccc2)cc1. The summed E-state index contributed by atoms with van der Waals surface area (Å²) < 4.78 is 42.5. The van der Waals surface area contributed by atoms with Gasteiger partial charge in [-0.3, -0.25) is 4.79 Å². The normalized spacial score (nSPS) is 13.0. The molecule has 198 valence electrons. The average molecular weight is 538 g/mol. The molecule has 0 spiro atoms. The van der Waals surface area contributed by atoms with Gasteiger partial charge in [-0.25, -0.2) is 13.2 Å². The molecule has 9 nitrogen and oxygen atoms in total. The number of furan rings is 1. The summed E-state index contributed by atoms with van der Waals surface area (Å²) in [5, 5.41) is 1.50. The minimum atomic E-state index is -3.80. The second kappa shape index (κ2) is 11.9. The monoisotopic (exact) mass is 537 g/mol. The third-order valence-electron chi connectivity index (χ3n) is 5.97. The van der Waals surface area contributed by atoms with Crippen molar-refractivity contribution in [2.45, 2.75) is 17.9 Å². The number of sulfone groups is 1. The number of rotatable bonds is 12. The van der Waals surface area contributed by atoms with Crippen LogP contribution in [-0.4, -0.2) is 45.8 Å². The second-order valence-corrected chi connectivity index (χ2v) is 10.6. The van der Waals surface area contributed by atoms with Crippen molar-refractivity contribution in [1.82, 2.24) is 5.06 Å². The molecule has 1 heterocycles. The van der Waals surface area contributed by atoms with Crippen molar-refractivity contribution in [3.8, 4) is 5.75 Å². The zero-order chi connectivity index (χ0) is 27.1. The fraction of sp³-hybridized carbons (Fsp3) is 0.214. The number of methoxy groups -OCH3 is 2. The zero-order valence-corrected chi connectivity index (χ0v) is 21.7. The number of hydrogen-bond donors (Lipinski definition) is 0. The highest BCUT2D eigenvalue weighted by Crippen LogP contribution is 2.28. The molecule has 2 atom stereocenters. The highest BCUT2D eigenvalue weighted by molar-refractivity contribution is 7.90. The largest absolute Gasteiger partial charge is 0.497 e. The molecule has 4 rings (SSSR count). The number of ether oxygens (including phenoxy) is 2. The zero-order valence-electron chi connectivity index (χ0n) is 20.9. The standard InChI is InChI=1S/C28H27NO8S/c1-34-24-11-9-21(10-12-24)25(18-38(32,33)17-20-8-13-26-23(16-20)14-15-36-26)29(19-30)37-28(31)27(35-2)22-6-4-3-5-7-22/h3-16,19,25,27H,17-18H2,1-2H3/t25-,27-/m1/s1. The molecule has 0 N–H and O–H groups in total. The Balaban J connectivity index is 1.61. The number of hydroxylamine groups is 2. The maximum Gasteiger partial charge on any atom is 0.365 e. The van der Waals surface area contributed by atoms with Gasteiger partial charge < -0.3 is 18.7 Å². The van der Waals surface area contributed by atoms with E-state index in [-0.39, 0.29) is 12.2 Å². The summed E-state index contributed by atoms with van der Waals surface area (Å²) in [4.78, 5) is 30.6. The van der Waals surface area contributed by atoms with Crippen molar-refractivity contribution < 1.29 is 36.7 Å². The van der Waals surface area contributed by atoms with Gasteiger partial charge in [-0.05, 0) is 47.0 Å². The van der Waals surface area contributed by atoms with Crippen LogP contribution in [0.15, 0.2) is 89.5 Å². The lowest BCUT2D eigenvalue weighted by atomic mass is 10.1. The molecular weight excluding hydrogens is 510 g/mol. The average Bonchev–Trinajstić information content (AvgIpc) is 3.39. The Bertz CT molecular complexity index is 1480. The van der Waals surface area contributed by atoms with E-state index in [0.29, 0.717) is 28.0 Å². The first-order valence-corrected chi connectivity index (χ1v) is 13.5.